The van der Waals surface area contributed by atoms with Gasteiger partial charge in [-0.05, 0) is 37.3 Å². The van der Waals surface area contributed by atoms with Crippen molar-refractivity contribution in [2.75, 3.05) is 31.1 Å². The van der Waals surface area contributed by atoms with Crippen molar-refractivity contribution < 1.29 is 9.53 Å². The lowest BCUT2D eigenvalue weighted by atomic mass is 9.90. The van der Waals surface area contributed by atoms with Gasteiger partial charge in [0.05, 0.1) is 0 Å². The molecule has 6 nitrogen and oxygen atoms in total. The van der Waals surface area contributed by atoms with Gasteiger partial charge in [-0.15, -0.1) is 10.2 Å². The van der Waals surface area contributed by atoms with Gasteiger partial charge in [0.25, 0.3) is 5.91 Å². The molecule has 1 amide bonds. The fourth-order valence-corrected chi connectivity index (χ4v) is 5.61. The first kappa shape index (κ1) is 22.1. The van der Waals surface area contributed by atoms with Crippen LogP contribution in [-0.4, -0.2) is 53.3 Å². The Morgan fingerprint density at radius 1 is 1.03 bits per heavy atom. The van der Waals surface area contributed by atoms with E-state index in [4.69, 9.17) is 4.74 Å². The van der Waals surface area contributed by atoms with Crippen LogP contribution in [0.3, 0.4) is 0 Å². The van der Waals surface area contributed by atoms with Crippen molar-refractivity contribution in [1.82, 2.24) is 15.1 Å². The van der Waals surface area contributed by atoms with Gasteiger partial charge in [-0.2, -0.15) is 0 Å². The van der Waals surface area contributed by atoms with Crippen LogP contribution in [0, 0.1) is 0 Å². The molecule has 2 aliphatic rings. The number of carbonyl (C=O) groups is 1. The van der Waals surface area contributed by atoms with Crippen LogP contribution in [0.4, 0.5) is 5.13 Å². The number of amides is 1. The molecule has 1 aliphatic heterocycles. The van der Waals surface area contributed by atoms with Crippen LogP contribution >= 0.6 is 11.3 Å². The van der Waals surface area contributed by atoms with Gasteiger partial charge in [0.15, 0.2) is 6.10 Å². The third-order valence-corrected chi connectivity index (χ3v) is 7.59. The van der Waals surface area contributed by atoms with Crippen molar-refractivity contribution in [3.8, 4) is 5.75 Å². The first-order valence-corrected chi connectivity index (χ1v) is 12.5. The lowest BCUT2D eigenvalue weighted by Gasteiger charge is -2.35. The molecule has 1 aromatic carbocycles. The topological polar surface area (TPSA) is 58.6 Å². The summed E-state index contributed by atoms with van der Waals surface area (Å²) in [5.74, 6) is 1.81. The van der Waals surface area contributed by atoms with Crippen LogP contribution in [0.5, 0.6) is 5.75 Å². The monoisotopic (exact) mass is 442 g/mol. The maximum absolute atomic E-state index is 13.0. The summed E-state index contributed by atoms with van der Waals surface area (Å²) in [6.45, 7) is 9.10. The Labute approximate surface area is 189 Å². The average molecular weight is 443 g/mol. The predicted octanol–water partition coefficient (Wildman–Crippen LogP) is 4.83. The van der Waals surface area contributed by atoms with Crippen LogP contribution in [0.25, 0.3) is 0 Å². The highest BCUT2D eigenvalue weighted by Gasteiger charge is 2.28. The molecule has 2 heterocycles. The molecule has 1 aromatic heterocycles. The molecular weight excluding hydrogens is 408 g/mol. The van der Waals surface area contributed by atoms with E-state index in [2.05, 4.69) is 35.0 Å². The van der Waals surface area contributed by atoms with E-state index >= 15 is 0 Å². The van der Waals surface area contributed by atoms with Gasteiger partial charge >= 0.3 is 0 Å². The molecule has 1 saturated carbocycles. The minimum absolute atomic E-state index is 0.0540. The molecule has 31 heavy (non-hydrogen) atoms. The van der Waals surface area contributed by atoms with Gasteiger partial charge in [0.2, 0.25) is 5.13 Å². The number of rotatable bonds is 6. The SMILES string of the molecule is CC(Oc1ccccc1C(C)C)C(=O)N1CCN(c2nnc(C3CCCCC3)s2)CC1. The summed E-state index contributed by atoms with van der Waals surface area (Å²) >= 11 is 1.74. The van der Waals surface area contributed by atoms with E-state index in [1.165, 1.54) is 37.1 Å². The summed E-state index contributed by atoms with van der Waals surface area (Å²) < 4.78 is 6.08. The molecule has 0 spiro atoms. The minimum atomic E-state index is -0.495. The van der Waals surface area contributed by atoms with Gasteiger partial charge < -0.3 is 14.5 Å². The number of piperazine rings is 1. The van der Waals surface area contributed by atoms with Gasteiger partial charge in [-0.25, -0.2) is 0 Å². The molecule has 1 saturated heterocycles. The fourth-order valence-electron chi connectivity index (χ4n) is 4.55. The normalized spacial score (nSPS) is 19.0. The molecule has 1 unspecified atom stereocenters. The maximum Gasteiger partial charge on any atom is 0.263 e. The molecule has 2 aromatic rings. The number of para-hydroxylation sites is 1. The summed E-state index contributed by atoms with van der Waals surface area (Å²) in [5, 5.41) is 11.2. The van der Waals surface area contributed by atoms with E-state index in [1.54, 1.807) is 11.3 Å². The van der Waals surface area contributed by atoms with Crippen LogP contribution in [0.1, 0.15) is 75.3 Å². The van der Waals surface area contributed by atoms with Crippen molar-refractivity contribution >= 4 is 22.4 Å². The first-order valence-electron chi connectivity index (χ1n) is 11.7. The van der Waals surface area contributed by atoms with E-state index in [1.807, 2.05) is 30.0 Å². The van der Waals surface area contributed by atoms with Gasteiger partial charge in [-0.3, -0.25) is 4.79 Å². The predicted molar refractivity (Wildman–Crippen MR) is 125 cm³/mol. The summed E-state index contributed by atoms with van der Waals surface area (Å²) in [5.41, 5.74) is 1.14. The summed E-state index contributed by atoms with van der Waals surface area (Å²) in [6.07, 6.45) is 5.96. The Bertz CT molecular complexity index is 870. The van der Waals surface area contributed by atoms with Crippen LogP contribution in [0.15, 0.2) is 24.3 Å². The van der Waals surface area contributed by atoms with E-state index < -0.39 is 6.10 Å². The quantitative estimate of drug-likeness (QED) is 0.642. The molecule has 0 radical (unpaired) electrons. The summed E-state index contributed by atoms with van der Waals surface area (Å²) in [4.78, 5) is 17.2. The van der Waals surface area contributed by atoms with Gasteiger partial charge in [-0.1, -0.05) is 62.6 Å². The van der Waals surface area contributed by atoms with Crippen LogP contribution in [-0.2, 0) is 4.79 Å². The smallest absolute Gasteiger partial charge is 0.263 e. The number of benzene rings is 1. The van der Waals surface area contributed by atoms with E-state index in [0.717, 1.165) is 29.5 Å². The van der Waals surface area contributed by atoms with E-state index in [-0.39, 0.29) is 5.91 Å². The molecule has 1 aliphatic carbocycles. The lowest BCUT2D eigenvalue weighted by Crippen LogP contribution is -2.52. The van der Waals surface area contributed by atoms with Crippen LogP contribution in [0.2, 0.25) is 0 Å². The van der Waals surface area contributed by atoms with Crippen molar-refractivity contribution in [3.63, 3.8) is 0 Å². The fraction of sp³-hybridized carbons (Fsp3) is 0.625. The Kier molecular flexibility index (Phi) is 7.10. The number of hydrogen-bond acceptors (Lipinski definition) is 6. The second kappa shape index (κ2) is 9.98. The highest BCUT2D eigenvalue weighted by molar-refractivity contribution is 7.15. The zero-order valence-electron chi connectivity index (χ0n) is 18.9. The Hall–Kier alpha value is -2.15. The molecule has 0 bridgehead atoms. The standard InChI is InChI=1S/C24H34N4O2S/c1-17(2)20-11-7-8-12-21(20)30-18(3)23(29)27-13-15-28(16-14-27)24-26-25-22(31-24)19-9-5-4-6-10-19/h7-8,11-12,17-19H,4-6,9-10,13-16H2,1-3H3. The zero-order chi connectivity index (χ0) is 21.8. The lowest BCUT2D eigenvalue weighted by molar-refractivity contribution is -0.138. The van der Waals surface area contributed by atoms with Crippen LogP contribution < -0.4 is 9.64 Å². The second-order valence-corrected chi connectivity index (χ2v) is 10.0. The zero-order valence-corrected chi connectivity index (χ0v) is 19.7. The highest BCUT2D eigenvalue weighted by Crippen LogP contribution is 2.36. The number of hydrogen-bond donors (Lipinski definition) is 0. The van der Waals surface area contributed by atoms with Crippen molar-refractivity contribution in [3.05, 3.63) is 34.8 Å². The number of nitrogens with zero attached hydrogens (tertiary/aromatic N) is 4. The number of aromatic nitrogens is 2. The van der Waals surface area contributed by atoms with Gasteiger partial charge in [0, 0.05) is 32.1 Å². The Morgan fingerprint density at radius 2 is 1.74 bits per heavy atom. The van der Waals surface area contributed by atoms with Crippen molar-refractivity contribution in [1.29, 1.82) is 0 Å². The van der Waals surface area contributed by atoms with Gasteiger partial charge in [0.1, 0.15) is 10.8 Å². The summed E-state index contributed by atoms with van der Waals surface area (Å²) in [6, 6.07) is 8.00. The number of ether oxygens (including phenoxy) is 1. The highest BCUT2D eigenvalue weighted by atomic mass is 32.1. The average Bonchev–Trinajstić information content (AvgIpc) is 3.30. The minimum Gasteiger partial charge on any atom is -0.481 e. The number of carbonyl (C=O) groups excluding carboxylic acids is 1. The Morgan fingerprint density at radius 3 is 2.45 bits per heavy atom. The molecule has 4 rings (SSSR count). The summed E-state index contributed by atoms with van der Waals surface area (Å²) in [7, 11) is 0. The van der Waals surface area contributed by atoms with E-state index in [0.29, 0.717) is 24.9 Å². The largest absolute Gasteiger partial charge is 0.481 e. The molecule has 7 heteroatoms. The molecule has 0 N–H and O–H groups in total. The third-order valence-electron chi connectivity index (χ3n) is 6.44. The molecular formula is C24H34N4O2S. The van der Waals surface area contributed by atoms with E-state index in [9.17, 15) is 4.79 Å². The molecule has 1 atom stereocenters. The van der Waals surface area contributed by atoms with Crippen molar-refractivity contribution in [2.24, 2.45) is 0 Å². The maximum atomic E-state index is 13.0. The van der Waals surface area contributed by atoms with Crippen molar-refractivity contribution in [2.45, 2.75) is 70.8 Å². The molecule has 168 valence electrons. The third kappa shape index (κ3) is 5.20. The first-order chi connectivity index (χ1) is 15.0. The number of anilines is 1. The molecule has 2 fully saturated rings. The Balaban J connectivity index is 1.31. The second-order valence-electron chi connectivity index (χ2n) is 9.02.